The quantitative estimate of drug-likeness (QED) is 0.925. The van der Waals surface area contributed by atoms with Gasteiger partial charge in [0.25, 0.3) is 0 Å². The molecule has 0 radical (unpaired) electrons. The van der Waals surface area contributed by atoms with Crippen molar-refractivity contribution in [3.05, 3.63) is 51.2 Å². The summed E-state index contributed by atoms with van der Waals surface area (Å²) < 4.78 is 27.2. The summed E-state index contributed by atoms with van der Waals surface area (Å²) in [5.74, 6) is -1.89. The van der Waals surface area contributed by atoms with Gasteiger partial charge in [-0.15, -0.1) is 11.3 Å². The molecule has 0 spiro atoms. The molecule has 2 N–H and O–H groups in total. The van der Waals surface area contributed by atoms with Gasteiger partial charge in [-0.25, -0.2) is 8.78 Å². The molecule has 1 aromatic heterocycles. The number of hydrogen-bond donors (Lipinski definition) is 1. The van der Waals surface area contributed by atoms with Gasteiger partial charge in [0.1, 0.15) is 17.7 Å². The topological polar surface area (TPSA) is 46.3 Å². The molecule has 20 heavy (non-hydrogen) atoms. The van der Waals surface area contributed by atoms with Gasteiger partial charge in [0, 0.05) is 16.5 Å². The van der Waals surface area contributed by atoms with Crippen LogP contribution >= 0.6 is 11.3 Å². The van der Waals surface area contributed by atoms with Gasteiger partial charge in [-0.05, 0) is 30.0 Å². The van der Waals surface area contributed by atoms with E-state index in [4.69, 9.17) is 5.73 Å². The number of rotatable bonds is 2. The minimum Gasteiger partial charge on any atom is -0.316 e. The molecule has 1 aliphatic rings. The van der Waals surface area contributed by atoms with E-state index in [1.54, 1.807) is 0 Å². The summed E-state index contributed by atoms with van der Waals surface area (Å²) in [4.78, 5) is 14.5. The predicted molar refractivity (Wildman–Crippen MR) is 73.5 cm³/mol. The maximum absolute atomic E-state index is 13.8. The van der Waals surface area contributed by atoms with Crippen LogP contribution in [-0.4, -0.2) is 5.91 Å². The molecule has 0 saturated heterocycles. The molecule has 1 aliphatic heterocycles. The maximum atomic E-state index is 13.8. The fourth-order valence-electron chi connectivity index (χ4n) is 2.39. The number of hydrogen-bond acceptors (Lipinski definition) is 3. The number of carbonyl (C=O) groups is 1. The van der Waals surface area contributed by atoms with Crippen LogP contribution in [0.25, 0.3) is 0 Å². The SMILES string of the molecule is Cc1ccsc1CN1C(=O)C(N)c2c(F)cc(F)cc21. The van der Waals surface area contributed by atoms with Crippen molar-refractivity contribution in [2.24, 2.45) is 5.73 Å². The number of aryl methyl sites for hydroxylation is 1. The Kier molecular flexibility index (Phi) is 3.07. The lowest BCUT2D eigenvalue weighted by molar-refractivity contribution is -0.119. The van der Waals surface area contributed by atoms with Crippen LogP contribution in [0.1, 0.15) is 22.0 Å². The van der Waals surface area contributed by atoms with E-state index in [2.05, 4.69) is 0 Å². The first kappa shape index (κ1) is 13.2. The van der Waals surface area contributed by atoms with E-state index in [1.165, 1.54) is 16.2 Å². The van der Waals surface area contributed by atoms with Crippen molar-refractivity contribution in [3.63, 3.8) is 0 Å². The van der Waals surface area contributed by atoms with Crippen molar-refractivity contribution < 1.29 is 13.6 Å². The Labute approximate surface area is 118 Å². The zero-order valence-corrected chi connectivity index (χ0v) is 11.5. The van der Waals surface area contributed by atoms with Crippen LogP contribution in [0.5, 0.6) is 0 Å². The van der Waals surface area contributed by atoms with Gasteiger partial charge in [-0.3, -0.25) is 4.79 Å². The third-order valence-corrected chi connectivity index (χ3v) is 4.48. The summed E-state index contributed by atoms with van der Waals surface area (Å²) >= 11 is 1.50. The molecule has 0 fully saturated rings. The summed E-state index contributed by atoms with van der Waals surface area (Å²) in [5.41, 5.74) is 7.10. The zero-order chi connectivity index (χ0) is 14.4. The van der Waals surface area contributed by atoms with Crippen molar-refractivity contribution in [2.45, 2.75) is 19.5 Å². The van der Waals surface area contributed by atoms with Gasteiger partial charge in [0.15, 0.2) is 0 Å². The van der Waals surface area contributed by atoms with E-state index in [1.807, 2.05) is 18.4 Å². The number of anilines is 1. The smallest absolute Gasteiger partial charge is 0.249 e. The number of benzene rings is 1. The Balaban J connectivity index is 2.06. The summed E-state index contributed by atoms with van der Waals surface area (Å²) in [7, 11) is 0. The van der Waals surface area contributed by atoms with Crippen LogP contribution in [0.2, 0.25) is 0 Å². The highest BCUT2D eigenvalue weighted by Crippen LogP contribution is 2.38. The fraction of sp³-hybridized carbons (Fsp3) is 0.214. The first-order chi connectivity index (χ1) is 9.49. The second-order valence-electron chi connectivity index (χ2n) is 4.75. The van der Waals surface area contributed by atoms with E-state index >= 15 is 0 Å². The lowest BCUT2D eigenvalue weighted by Gasteiger charge is -2.17. The Bertz CT molecular complexity index is 698. The highest BCUT2D eigenvalue weighted by molar-refractivity contribution is 7.10. The second kappa shape index (κ2) is 4.64. The van der Waals surface area contributed by atoms with E-state index in [0.29, 0.717) is 0 Å². The molecule has 3 nitrogen and oxygen atoms in total. The minimum atomic E-state index is -1.06. The van der Waals surface area contributed by atoms with Gasteiger partial charge < -0.3 is 10.6 Å². The molecule has 2 aromatic rings. The lowest BCUT2D eigenvalue weighted by atomic mass is 10.1. The highest BCUT2D eigenvalue weighted by Gasteiger charge is 2.38. The second-order valence-corrected chi connectivity index (χ2v) is 5.75. The zero-order valence-electron chi connectivity index (χ0n) is 10.7. The van der Waals surface area contributed by atoms with Crippen molar-refractivity contribution in [1.82, 2.24) is 0 Å². The minimum absolute atomic E-state index is 0.0746. The molecule has 0 bridgehead atoms. The molecule has 3 rings (SSSR count). The number of amides is 1. The summed E-state index contributed by atoms with van der Waals surface area (Å²) in [6.07, 6.45) is 0. The Morgan fingerprint density at radius 3 is 2.80 bits per heavy atom. The van der Waals surface area contributed by atoms with Crippen LogP contribution in [0.4, 0.5) is 14.5 Å². The Hall–Kier alpha value is -1.79. The molecule has 1 aromatic carbocycles. The van der Waals surface area contributed by atoms with Crippen LogP contribution in [0.3, 0.4) is 0 Å². The Morgan fingerprint density at radius 2 is 2.15 bits per heavy atom. The number of carbonyl (C=O) groups excluding carboxylic acids is 1. The average molecular weight is 294 g/mol. The highest BCUT2D eigenvalue weighted by atomic mass is 32.1. The molecule has 0 aliphatic carbocycles. The van der Waals surface area contributed by atoms with Crippen LogP contribution in [0, 0.1) is 18.6 Å². The molecule has 0 saturated carbocycles. The molecule has 1 atom stereocenters. The number of fused-ring (bicyclic) bond motifs is 1. The molecule has 2 heterocycles. The van der Waals surface area contributed by atoms with E-state index < -0.39 is 23.6 Å². The molecular weight excluding hydrogens is 282 g/mol. The van der Waals surface area contributed by atoms with Gasteiger partial charge in [0.2, 0.25) is 5.91 Å². The van der Waals surface area contributed by atoms with Crippen LogP contribution < -0.4 is 10.6 Å². The normalized spacial score (nSPS) is 17.7. The van der Waals surface area contributed by atoms with Crippen LogP contribution in [0.15, 0.2) is 23.6 Å². The third-order valence-electron chi connectivity index (χ3n) is 3.48. The summed E-state index contributed by atoms with van der Waals surface area (Å²) in [6.45, 7) is 2.21. The Morgan fingerprint density at radius 1 is 1.40 bits per heavy atom. The number of thiophene rings is 1. The molecular formula is C14H12F2N2OS. The fourth-order valence-corrected chi connectivity index (χ4v) is 3.28. The predicted octanol–water partition coefficient (Wildman–Crippen LogP) is 2.88. The molecule has 6 heteroatoms. The van der Waals surface area contributed by atoms with E-state index in [9.17, 15) is 13.6 Å². The third kappa shape index (κ3) is 1.92. The monoisotopic (exact) mass is 294 g/mol. The first-order valence-corrected chi connectivity index (χ1v) is 6.96. The molecule has 1 amide bonds. The number of halogens is 2. The summed E-state index contributed by atoms with van der Waals surface area (Å²) in [6, 6.07) is 2.79. The molecule has 1 unspecified atom stereocenters. The number of nitrogens with zero attached hydrogens (tertiary/aromatic N) is 1. The molecule has 104 valence electrons. The van der Waals surface area contributed by atoms with Crippen molar-refractivity contribution >= 4 is 22.9 Å². The standard InChI is InChI=1S/C14H12F2N2OS/c1-7-2-3-20-11(7)6-18-10-5-8(15)4-9(16)12(10)13(17)14(18)19/h2-5,13H,6,17H2,1H3. The van der Waals surface area contributed by atoms with E-state index in [0.717, 1.165) is 22.6 Å². The van der Waals surface area contributed by atoms with Gasteiger partial charge in [0.05, 0.1) is 12.2 Å². The summed E-state index contributed by atoms with van der Waals surface area (Å²) in [5, 5.41) is 1.91. The average Bonchev–Trinajstić information content (AvgIpc) is 2.87. The van der Waals surface area contributed by atoms with Crippen molar-refractivity contribution in [3.8, 4) is 0 Å². The van der Waals surface area contributed by atoms with Gasteiger partial charge in [-0.2, -0.15) is 0 Å². The lowest BCUT2D eigenvalue weighted by Crippen LogP contribution is -2.31. The van der Waals surface area contributed by atoms with Gasteiger partial charge >= 0.3 is 0 Å². The first-order valence-electron chi connectivity index (χ1n) is 6.08. The van der Waals surface area contributed by atoms with Gasteiger partial charge in [-0.1, -0.05) is 0 Å². The maximum Gasteiger partial charge on any atom is 0.249 e. The number of nitrogens with two attached hydrogens (primary N) is 1. The van der Waals surface area contributed by atoms with Crippen molar-refractivity contribution in [1.29, 1.82) is 0 Å². The van der Waals surface area contributed by atoms with Crippen molar-refractivity contribution in [2.75, 3.05) is 4.90 Å². The van der Waals surface area contributed by atoms with Crippen LogP contribution in [-0.2, 0) is 11.3 Å². The van der Waals surface area contributed by atoms with E-state index in [-0.39, 0.29) is 17.8 Å². The largest absolute Gasteiger partial charge is 0.316 e.